The second kappa shape index (κ2) is 18.9. The average Bonchev–Trinajstić information content (AvgIpc) is 2.97. The SMILES string of the molecule is CCCCS(=O)(=O)N(CCC(=O)O)CC(=O)N(CCC(C)C)CC(=O)C(C)(C)NC1CCC(NC(=O)NC2CCCCC2C)CC1. The van der Waals surface area contributed by atoms with Crippen LogP contribution in [0.2, 0.25) is 0 Å². The molecule has 266 valence electrons. The number of unbranched alkanes of at least 4 members (excludes halogenated alkanes) is 1. The number of aliphatic carboxylic acids is 1. The maximum atomic E-state index is 13.6. The third-order valence-corrected chi connectivity index (χ3v) is 11.4. The van der Waals surface area contributed by atoms with E-state index in [0.29, 0.717) is 31.7 Å². The van der Waals surface area contributed by atoms with Gasteiger partial charge >= 0.3 is 12.0 Å². The maximum absolute atomic E-state index is 13.6. The van der Waals surface area contributed by atoms with Gasteiger partial charge < -0.3 is 26.0 Å². The van der Waals surface area contributed by atoms with E-state index in [4.69, 9.17) is 5.11 Å². The highest BCUT2D eigenvalue weighted by atomic mass is 32.2. The van der Waals surface area contributed by atoms with Crippen molar-refractivity contribution in [2.24, 2.45) is 11.8 Å². The van der Waals surface area contributed by atoms with Crippen molar-refractivity contribution >= 4 is 33.7 Å². The van der Waals surface area contributed by atoms with Gasteiger partial charge in [0, 0.05) is 31.2 Å². The first kappa shape index (κ1) is 39.9. The van der Waals surface area contributed by atoms with Crippen LogP contribution in [-0.4, -0.2) is 102 Å². The molecule has 2 atom stereocenters. The number of carbonyl (C=O) groups excluding carboxylic acids is 3. The van der Waals surface area contributed by atoms with E-state index in [-0.39, 0.29) is 54.7 Å². The zero-order chi connectivity index (χ0) is 34.5. The number of carbonyl (C=O) groups is 4. The number of ketones is 1. The number of rotatable bonds is 19. The molecule has 46 heavy (non-hydrogen) atoms. The standard InChI is InChI=1S/C33H61N5O7S/c1-7-8-21-46(44,45)38(20-18-31(41)42)23-30(40)37(19-17-24(2)3)22-29(39)33(5,6)36-27-15-13-26(14-16-27)34-32(43)35-28-12-10-9-11-25(28)4/h24-28,36H,7-23H2,1-6H3,(H,41,42)(H2,34,35,43). The summed E-state index contributed by atoms with van der Waals surface area (Å²) in [6.07, 6.45) is 9.00. The number of nitrogens with one attached hydrogen (secondary N) is 3. The van der Waals surface area contributed by atoms with Crippen LogP contribution < -0.4 is 16.0 Å². The Morgan fingerprint density at radius 3 is 2.13 bits per heavy atom. The minimum absolute atomic E-state index is 0.0773. The minimum atomic E-state index is -3.84. The molecule has 12 nitrogen and oxygen atoms in total. The van der Waals surface area contributed by atoms with Crippen molar-refractivity contribution in [2.75, 3.05) is 31.9 Å². The highest BCUT2D eigenvalue weighted by molar-refractivity contribution is 7.89. The molecule has 13 heteroatoms. The zero-order valence-corrected chi connectivity index (χ0v) is 29.9. The summed E-state index contributed by atoms with van der Waals surface area (Å²) in [6.45, 7) is 11.0. The molecule has 2 aliphatic rings. The lowest BCUT2D eigenvalue weighted by Gasteiger charge is -2.37. The zero-order valence-electron chi connectivity index (χ0n) is 29.1. The third-order valence-electron chi connectivity index (χ3n) is 9.45. The average molecular weight is 672 g/mol. The molecule has 0 aliphatic heterocycles. The predicted octanol–water partition coefficient (Wildman–Crippen LogP) is 3.89. The molecule has 2 saturated carbocycles. The number of carboxylic acid groups (broad SMARTS) is 1. The fraction of sp³-hybridized carbons (Fsp3) is 0.879. The quantitative estimate of drug-likeness (QED) is 0.161. The van der Waals surface area contributed by atoms with E-state index in [9.17, 15) is 27.6 Å². The Bertz CT molecular complexity index is 1110. The molecule has 4 N–H and O–H groups in total. The highest BCUT2D eigenvalue weighted by Gasteiger charge is 2.35. The van der Waals surface area contributed by atoms with Gasteiger partial charge in [-0.05, 0) is 77.0 Å². The van der Waals surface area contributed by atoms with Crippen LogP contribution >= 0.6 is 0 Å². The summed E-state index contributed by atoms with van der Waals surface area (Å²) in [5.41, 5.74) is -0.939. The van der Waals surface area contributed by atoms with Crippen molar-refractivity contribution in [2.45, 2.75) is 142 Å². The van der Waals surface area contributed by atoms with Gasteiger partial charge in [-0.3, -0.25) is 14.4 Å². The Morgan fingerprint density at radius 1 is 0.913 bits per heavy atom. The molecule has 2 rings (SSSR count). The number of urea groups is 1. The molecule has 0 heterocycles. The molecular weight excluding hydrogens is 610 g/mol. The molecular formula is C33H61N5O7S. The van der Waals surface area contributed by atoms with Crippen molar-refractivity contribution in [3.63, 3.8) is 0 Å². The van der Waals surface area contributed by atoms with E-state index >= 15 is 0 Å². The van der Waals surface area contributed by atoms with Gasteiger partial charge in [0.25, 0.3) is 0 Å². The van der Waals surface area contributed by atoms with Gasteiger partial charge in [-0.25, -0.2) is 13.2 Å². The van der Waals surface area contributed by atoms with Crippen LogP contribution in [0, 0.1) is 11.8 Å². The third kappa shape index (κ3) is 13.9. The minimum Gasteiger partial charge on any atom is -0.481 e. The van der Waals surface area contributed by atoms with Crippen molar-refractivity contribution < 1.29 is 32.7 Å². The first-order valence-electron chi connectivity index (χ1n) is 17.4. The first-order chi connectivity index (χ1) is 21.5. The Hall–Kier alpha value is -2.25. The first-order valence-corrected chi connectivity index (χ1v) is 19.0. The Morgan fingerprint density at radius 2 is 1.54 bits per heavy atom. The summed E-state index contributed by atoms with van der Waals surface area (Å²) in [5.74, 6) is -1.26. The Balaban J connectivity index is 1.98. The molecule has 0 radical (unpaired) electrons. The molecule has 2 aliphatic carbocycles. The van der Waals surface area contributed by atoms with Crippen LogP contribution in [-0.2, 0) is 24.4 Å². The van der Waals surface area contributed by atoms with Gasteiger partial charge in [-0.1, -0.05) is 47.0 Å². The van der Waals surface area contributed by atoms with E-state index in [0.717, 1.165) is 49.3 Å². The van der Waals surface area contributed by atoms with E-state index in [1.807, 2.05) is 20.8 Å². The summed E-state index contributed by atoms with van der Waals surface area (Å²) < 4.78 is 26.9. The van der Waals surface area contributed by atoms with Gasteiger partial charge in [0.1, 0.15) is 0 Å². The fourth-order valence-electron chi connectivity index (χ4n) is 6.22. The van der Waals surface area contributed by atoms with Crippen LogP contribution in [0.4, 0.5) is 4.79 Å². The van der Waals surface area contributed by atoms with Crippen LogP contribution in [0.3, 0.4) is 0 Å². The molecule has 0 aromatic carbocycles. The van der Waals surface area contributed by atoms with E-state index in [2.05, 4.69) is 22.9 Å². The summed E-state index contributed by atoms with van der Waals surface area (Å²) >= 11 is 0. The van der Waals surface area contributed by atoms with Crippen LogP contribution in [0.5, 0.6) is 0 Å². The smallest absolute Gasteiger partial charge is 0.315 e. The molecule has 0 saturated heterocycles. The predicted molar refractivity (Wildman–Crippen MR) is 180 cm³/mol. The Kier molecular flexibility index (Phi) is 16.4. The molecule has 0 aromatic rings. The van der Waals surface area contributed by atoms with E-state index in [1.54, 1.807) is 13.8 Å². The summed E-state index contributed by atoms with van der Waals surface area (Å²) in [6, 6.07) is 0.284. The van der Waals surface area contributed by atoms with Gasteiger partial charge in [0.2, 0.25) is 15.9 Å². The molecule has 2 fully saturated rings. The lowest BCUT2D eigenvalue weighted by molar-refractivity contribution is -0.139. The number of Topliss-reactive ketones (excluding diaryl/α,β-unsaturated/α-hetero) is 1. The summed E-state index contributed by atoms with van der Waals surface area (Å²) in [4.78, 5) is 52.4. The Labute approximate surface area is 277 Å². The second-order valence-electron chi connectivity index (χ2n) is 14.4. The van der Waals surface area contributed by atoms with Crippen LogP contribution in [0.1, 0.15) is 119 Å². The van der Waals surface area contributed by atoms with E-state index < -0.39 is 40.4 Å². The van der Waals surface area contributed by atoms with Crippen molar-refractivity contribution in [1.82, 2.24) is 25.2 Å². The monoisotopic (exact) mass is 671 g/mol. The second-order valence-corrected chi connectivity index (χ2v) is 16.5. The maximum Gasteiger partial charge on any atom is 0.315 e. The topological polar surface area (TPSA) is 165 Å². The largest absolute Gasteiger partial charge is 0.481 e. The number of carboxylic acids is 1. The van der Waals surface area contributed by atoms with Gasteiger partial charge in [0.05, 0.1) is 30.8 Å². The highest BCUT2D eigenvalue weighted by Crippen LogP contribution is 2.25. The number of sulfonamides is 1. The molecule has 0 aromatic heterocycles. The summed E-state index contributed by atoms with van der Waals surface area (Å²) in [7, 11) is -3.84. The number of hydrogen-bond acceptors (Lipinski definition) is 7. The van der Waals surface area contributed by atoms with E-state index in [1.165, 1.54) is 11.3 Å². The molecule has 0 bridgehead atoms. The summed E-state index contributed by atoms with van der Waals surface area (Å²) in [5, 5.41) is 19.0. The lowest BCUT2D eigenvalue weighted by atomic mass is 9.86. The van der Waals surface area contributed by atoms with Crippen molar-refractivity contribution in [3.05, 3.63) is 0 Å². The van der Waals surface area contributed by atoms with Gasteiger partial charge in [0.15, 0.2) is 5.78 Å². The van der Waals surface area contributed by atoms with Crippen molar-refractivity contribution in [1.29, 1.82) is 0 Å². The van der Waals surface area contributed by atoms with Crippen LogP contribution in [0.25, 0.3) is 0 Å². The van der Waals surface area contributed by atoms with Crippen molar-refractivity contribution in [3.8, 4) is 0 Å². The number of nitrogens with zero attached hydrogens (tertiary/aromatic N) is 2. The number of amides is 3. The van der Waals surface area contributed by atoms with Gasteiger partial charge in [-0.2, -0.15) is 4.31 Å². The molecule has 3 amide bonds. The fourth-order valence-corrected chi connectivity index (χ4v) is 7.81. The normalized spacial score (nSPS) is 22.4. The van der Waals surface area contributed by atoms with Gasteiger partial charge in [-0.15, -0.1) is 0 Å². The number of hydrogen-bond donors (Lipinski definition) is 4. The lowest BCUT2D eigenvalue weighted by Crippen LogP contribution is -2.57. The molecule has 0 spiro atoms. The molecule has 2 unspecified atom stereocenters. The van der Waals surface area contributed by atoms with Crippen LogP contribution in [0.15, 0.2) is 0 Å².